The van der Waals surface area contributed by atoms with E-state index in [1.165, 1.54) is 16.8 Å². The molecule has 3 N–H and O–H groups in total. The van der Waals surface area contributed by atoms with Crippen LogP contribution in [0.3, 0.4) is 0 Å². The van der Waals surface area contributed by atoms with Crippen molar-refractivity contribution >= 4 is 7.85 Å². The molecule has 7 nitrogen and oxygen atoms in total. The lowest BCUT2D eigenvalue weighted by atomic mass is 9.88. The van der Waals surface area contributed by atoms with Crippen molar-refractivity contribution in [1.82, 2.24) is 9.55 Å². The Morgan fingerprint density at radius 1 is 1.47 bits per heavy atom. The molecule has 2 atom stereocenters. The minimum Gasteiger partial charge on any atom is -0.372 e. The third-order valence-electron chi connectivity index (χ3n) is 2.63. The van der Waals surface area contributed by atoms with Crippen LogP contribution in [0.25, 0.3) is 0 Å². The lowest BCUT2D eigenvalue weighted by molar-refractivity contribution is -0.183. The molecule has 2 heterocycles. The van der Waals surface area contributed by atoms with Gasteiger partial charge < -0.3 is 14.9 Å². The van der Waals surface area contributed by atoms with E-state index in [1.807, 2.05) is 0 Å². The average Bonchev–Trinajstić information content (AvgIpc) is 2.65. The third kappa shape index (κ3) is 2.49. The van der Waals surface area contributed by atoms with Crippen LogP contribution in [-0.4, -0.2) is 39.4 Å². The molecule has 0 bridgehead atoms. The number of hydrogen-bond donors (Lipinski definition) is 3. The predicted octanol–water partition coefficient (Wildman–Crippen LogP) is -1.98. The topological polar surface area (TPSA) is 105 Å². The van der Waals surface area contributed by atoms with Crippen molar-refractivity contribution in [2.75, 3.05) is 0 Å². The molecule has 0 amide bonds. The van der Waals surface area contributed by atoms with E-state index in [1.54, 1.807) is 0 Å². The number of ether oxygens (including phenoxy) is 1. The summed E-state index contributed by atoms with van der Waals surface area (Å²) < 4.78 is 6.42. The number of aliphatic hydroxyl groups is 2. The van der Waals surface area contributed by atoms with E-state index in [9.17, 15) is 9.59 Å². The van der Waals surface area contributed by atoms with Gasteiger partial charge in [-0.25, -0.2) is 4.79 Å². The van der Waals surface area contributed by atoms with Crippen molar-refractivity contribution < 1.29 is 14.9 Å². The minimum absolute atomic E-state index is 0.305. The number of hydrogen-bond acceptors (Lipinski definition) is 5. The molecule has 2 rings (SSSR count). The van der Waals surface area contributed by atoms with Crippen molar-refractivity contribution in [2.24, 2.45) is 0 Å². The summed E-state index contributed by atoms with van der Waals surface area (Å²) in [6.45, 7) is 0. The molecule has 1 fully saturated rings. The minimum atomic E-state index is -2.43. The zero-order valence-corrected chi connectivity index (χ0v) is 8.87. The number of nitrogens with one attached hydrogen (secondary N) is 1. The predicted molar refractivity (Wildman–Crippen MR) is 57.4 cm³/mol. The van der Waals surface area contributed by atoms with E-state index in [0.29, 0.717) is 12.8 Å². The second-order valence-electron chi connectivity index (χ2n) is 3.96. The van der Waals surface area contributed by atoms with Gasteiger partial charge in [-0.05, 0) is 12.8 Å². The fourth-order valence-electron chi connectivity index (χ4n) is 1.79. The molecular formula is C9H11BN2O5. The average molecular weight is 238 g/mol. The van der Waals surface area contributed by atoms with Gasteiger partial charge >= 0.3 is 5.69 Å². The summed E-state index contributed by atoms with van der Waals surface area (Å²) in [7, 11) is 5.08. The first-order chi connectivity index (χ1) is 7.88. The van der Waals surface area contributed by atoms with E-state index in [-0.39, 0.29) is 0 Å². The Kier molecular flexibility index (Phi) is 2.94. The summed E-state index contributed by atoms with van der Waals surface area (Å²) in [5.41, 5.74) is -3.54. The van der Waals surface area contributed by atoms with E-state index >= 15 is 0 Å². The highest BCUT2D eigenvalue weighted by Gasteiger charge is 2.37. The largest absolute Gasteiger partial charge is 0.372 e. The highest BCUT2D eigenvalue weighted by Crippen LogP contribution is 2.30. The maximum absolute atomic E-state index is 11.5. The fourth-order valence-corrected chi connectivity index (χ4v) is 1.79. The van der Waals surface area contributed by atoms with Crippen molar-refractivity contribution in [3.05, 3.63) is 33.1 Å². The van der Waals surface area contributed by atoms with E-state index in [2.05, 4.69) is 4.98 Å². The van der Waals surface area contributed by atoms with Crippen LogP contribution in [0.2, 0.25) is 0 Å². The van der Waals surface area contributed by atoms with Gasteiger partial charge in [0.25, 0.3) is 5.56 Å². The van der Waals surface area contributed by atoms with Gasteiger partial charge in [0.15, 0.2) is 7.85 Å². The second-order valence-corrected chi connectivity index (χ2v) is 3.96. The van der Waals surface area contributed by atoms with Crippen LogP contribution in [-0.2, 0) is 4.74 Å². The molecule has 2 unspecified atom stereocenters. The molecule has 2 radical (unpaired) electrons. The molecular weight excluding hydrogens is 227 g/mol. The van der Waals surface area contributed by atoms with Crippen LogP contribution in [0.4, 0.5) is 0 Å². The van der Waals surface area contributed by atoms with E-state index in [0.717, 1.165) is 0 Å². The van der Waals surface area contributed by atoms with Crippen LogP contribution in [0.15, 0.2) is 21.9 Å². The lowest BCUT2D eigenvalue weighted by Gasteiger charge is -2.25. The summed E-state index contributed by atoms with van der Waals surface area (Å²) in [6.07, 6.45) is 0.371. The van der Waals surface area contributed by atoms with E-state index in [4.69, 9.17) is 22.8 Å². The van der Waals surface area contributed by atoms with E-state index < -0.39 is 29.3 Å². The molecule has 0 aromatic carbocycles. The van der Waals surface area contributed by atoms with Gasteiger partial charge in [0.2, 0.25) is 0 Å². The summed E-state index contributed by atoms with van der Waals surface area (Å²) >= 11 is 0. The van der Waals surface area contributed by atoms with Gasteiger partial charge in [-0.15, -0.1) is 0 Å². The quantitative estimate of drug-likeness (QED) is 0.409. The molecule has 1 aromatic rings. The maximum atomic E-state index is 11.5. The molecule has 0 saturated carbocycles. The second kappa shape index (κ2) is 4.13. The Balaban J connectivity index is 2.21. The standard InChI is InChI=1S/C9H11BN2O5/c10-9(15,16)5-1-2-7(17-5)12-4-3-6(13)11-8(12)14/h3-5,7,15-16H,1-2H2,(H,11,13,14). The number of H-pyrrole nitrogens is 1. The Hall–Kier alpha value is -1.38. The Bertz CT molecular complexity index is 517. The van der Waals surface area contributed by atoms with Crippen LogP contribution in [0, 0.1) is 0 Å². The Labute approximate surface area is 97.1 Å². The highest BCUT2D eigenvalue weighted by atomic mass is 16.6. The smallest absolute Gasteiger partial charge is 0.330 e. The molecule has 1 saturated heterocycles. The summed E-state index contributed by atoms with van der Waals surface area (Å²) in [4.78, 5) is 24.4. The highest BCUT2D eigenvalue weighted by molar-refractivity contribution is 6.13. The maximum Gasteiger partial charge on any atom is 0.330 e. The molecule has 8 heteroatoms. The zero-order valence-electron chi connectivity index (χ0n) is 8.87. The molecule has 0 aliphatic carbocycles. The molecule has 90 valence electrons. The van der Waals surface area contributed by atoms with Crippen LogP contribution in [0.1, 0.15) is 19.1 Å². The van der Waals surface area contributed by atoms with Crippen LogP contribution >= 0.6 is 0 Å². The number of rotatable bonds is 2. The molecule has 1 aliphatic rings. The van der Waals surface area contributed by atoms with Crippen molar-refractivity contribution in [3.63, 3.8) is 0 Å². The first kappa shape index (κ1) is 12.1. The SMILES string of the molecule is [B]C(O)(O)C1CCC(n2ccc(=O)[nH]c2=O)O1. The third-order valence-corrected chi connectivity index (χ3v) is 2.63. The van der Waals surface area contributed by atoms with Crippen LogP contribution in [0.5, 0.6) is 0 Å². The monoisotopic (exact) mass is 238 g/mol. The summed E-state index contributed by atoms with van der Waals surface area (Å²) in [6, 6.07) is 1.19. The molecule has 0 spiro atoms. The molecule has 17 heavy (non-hydrogen) atoms. The van der Waals surface area contributed by atoms with Gasteiger partial charge in [-0.1, -0.05) is 0 Å². The van der Waals surface area contributed by atoms with Gasteiger partial charge in [-0.2, -0.15) is 0 Å². The van der Waals surface area contributed by atoms with Gasteiger partial charge in [0, 0.05) is 12.3 Å². The lowest BCUT2D eigenvalue weighted by Crippen LogP contribution is -2.43. The van der Waals surface area contributed by atoms with Gasteiger partial charge in [0.1, 0.15) is 18.0 Å². The zero-order chi connectivity index (χ0) is 12.6. The van der Waals surface area contributed by atoms with Crippen molar-refractivity contribution in [1.29, 1.82) is 0 Å². The molecule has 1 aliphatic heterocycles. The van der Waals surface area contributed by atoms with Crippen molar-refractivity contribution in [2.45, 2.75) is 30.9 Å². The Morgan fingerprint density at radius 2 is 2.18 bits per heavy atom. The van der Waals surface area contributed by atoms with Crippen LogP contribution < -0.4 is 11.2 Å². The molecule has 1 aromatic heterocycles. The summed E-state index contributed by atoms with van der Waals surface area (Å²) in [5.74, 6) is 0. The number of nitrogens with zero attached hydrogens (tertiary/aromatic N) is 1. The van der Waals surface area contributed by atoms with Crippen molar-refractivity contribution in [3.8, 4) is 0 Å². The van der Waals surface area contributed by atoms with Gasteiger partial charge in [0.05, 0.1) is 0 Å². The van der Waals surface area contributed by atoms with Gasteiger partial charge in [-0.3, -0.25) is 14.3 Å². The summed E-state index contributed by atoms with van der Waals surface area (Å²) in [5, 5.41) is 18.3. The fraction of sp³-hybridized carbons (Fsp3) is 0.556. The Morgan fingerprint density at radius 3 is 2.71 bits per heavy atom. The first-order valence-electron chi connectivity index (χ1n) is 5.08. The normalized spacial score (nSPS) is 25.1. The number of aromatic amines is 1. The first-order valence-corrected chi connectivity index (χ1v) is 5.08. The number of aromatic nitrogens is 2.